The number of benzene rings is 2. The van der Waals surface area contributed by atoms with Crippen LogP contribution in [0.1, 0.15) is 26.3 Å². The highest BCUT2D eigenvalue weighted by molar-refractivity contribution is 7.89. The lowest BCUT2D eigenvalue weighted by molar-refractivity contribution is -0.121. The number of amides is 1. The fraction of sp³-hybridized carbons (Fsp3) is 0.350. The molecule has 0 saturated heterocycles. The van der Waals surface area contributed by atoms with Crippen molar-refractivity contribution in [2.45, 2.75) is 32.2 Å². The maximum absolute atomic E-state index is 13.0. The second-order valence-electron chi connectivity index (χ2n) is 7.41. The molecule has 26 heavy (non-hydrogen) atoms. The molecule has 0 aliphatic carbocycles. The van der Waals surface area contributed by atoms with Gasteiger partial charge in [0.15, 0.2) is 0 Å². The Labute approximate surface area is 156 Å². The Kier molecular flexibility index (Phi) is 6.56. The van der Waals surface area contributed by atoms with Gasteiger partial charge in [0.05, 0.1) is 11.4 Å². The van der Waals surface area contributed by atoms with Crippen LogP contribution in [0.5, 0.6) is 0 Å². The van der Waals surface area contributed by atoms with E-state index in [1.807, 2.05) is 51.1 Å². The van der Waals surface area contributed by atoms with Crippen LogP contribution in [0, 0.1) is 5.41 Å². The van der Waals surface area contributed by atoms with Gasteiger partial charge in [-0.3, -0.25) is 4.79 Å². The number of sulfonamides is 1. The van der Waals surface area contributed by atoms with E-state index < -0.39 is 10.0 Å². The number of rotatable bonds is 7. The van der Waals surface area contributed by atoms with Gasteiger partial charge in [0, 0.05) is 13.1 Å². The topological polar surface area (TPSA) is 66.5 Å². The van der Waals surface area contributed by atoms with Crippen molar-refractivity contribution in [2.24, 2.45) is 5.41 Å². The molecule has 140 valence electrons. The lowest BCUT2D eigenvalue weighted by atomic mass is 9.97. The van der Waals surface area contributed by atoms with Crippen LogP contribution in [0.25, 0.3) is 0 Å². The maximum atomic E-state index is 13.0. The summed E-state index contributed by atoms with van der Waals surface area (Å²) in [7, 11) is -3.78. The van der Waals surface area contributed by atoms with Gasteiger partial charge in [-0.1, -0.05) is 69.3 Å². The van der Waals surface area contributed by atoms with Crippen LogP contribution in [-0.2, 0) is 21.4 Å². The van der Waals surface area contributed by atoms with Crippen LogP contribution in [0.3, 0.4) is 0 Å². The van der Waals surface area contributed by atoms with Crippen molar-refractivity contribution in [1.82, 2.24) is 9.62 Å². The molecule has 0 heterocycles. The summed E-state index contributed by atoms with van der Waals surface area (Å²) in [5.41, 5.74) is 0.758. The van der Waals surface area contributed by atoms with Gasteiger partial charge < -0.3 is 5.32 Å². The van der Waals surface area contributed by atoms with Crippen LogP contribution in [0.4, 0.5) is 0 Å². The minimum Gasteiger partial charge on any atom is -0.354 e. The lowest BCUT2D eigenvalue weighted by Gasteiger charge is -2.24. The first kappa shape index (κ1) is 20.1. The zero-order valence-electron chi connectivity index (χ0n) is 15.5. The van der Waals surface area contributed by atoms with Crippen molar-refractivity contribution in [2.75, 3.05) is 13.1 Å². The van der Waals surface area contributed by atoms with Gasteiger partial charge in [-0.05, 0) is 23.1 Å². The van der Waals surface area contributed by atoms with E-state index in [1.54, 1.807) is 30.3 Å². The normalized spacial score (nSPS) is 12.2. The SMILES string of the molecule is CC(C)(C)CNC(=O)CN(Cc1ccccc1)S(=O)(=O)c1ccccc1. The average Bonchev–Trinajstić information content (AvgIpc) is 2.60. The molecule has 0 radical (unpaired) electrons. The highest BCUT2D eigenvalue weighted by Gasteiger charge is 2.27. The molecule has 0 aromatic heterocycles. The zero-order valence-corrected chi connectivity index (χ0v) is 16.3. The Balaban J connectivity index is 2.23. The lowest BCUT2D eigenvalue weighted by Crippen LogP contribution is -2.42. The van der Waals surface area contributed by atoms with Crippen molar-refractivity contribution < 1.29 is 13.2 Å². The molecule has 2 rings (SSSR count). The van der Waals surface area contributed by atoms with E-state index in [-0.39, 0.29) is 29.3 Å². The van der Waals surface area contributed by atoms with E-state index in [2.05, 4.69) is 5.32 Å². The number of carbonyl (C=O) groups excluding carboxylic acids is 1. The largest absolute Gasteiger partial charge is 0.354 e. The summed E-state index contributed by atoms with van der Waals surface area (Å²) in [6, 6.07) is 17.5. The Morgan fingerprint density at radius 1 is 0.962 bits per heavy atom. The Morgan fingerprint density at radius 3 is 2.04 bits per heavy atom. The van der Waals surface area contributed by atoms with Gasteiger partial charge in [0.25, 0.3) is 0 Å². The smallest absolute Gasteiger partial charge is 0.243 e. The molecule has 0 aliphatic heterocycles. The predicted octanol–water partition coefficient (Wildman–Crippen LogP) is 3.04. The Morgan fingerprint density at radius 2 is 1.50 bits per heavy atom. The van der Waals surface area contributed by atoms with E-state index >= 15 is 0 Å². The molecule has 2 aromatic rings. The highest BCUT2D eigenvalue weighted by atomic mass is 32.2. The average molecular weight is 375 g/mol. The van der Waals surface area contributed by atoms with Gasteiger partial charge in [-0.25, -0.2) is 8.42 Å². The number of nitrogens with one attached hydrogen (secondary N) is 1. The van der Waals surface area contributed by atoms with E-state index in [4.69, 9.17) is 0 Å². The van der Waals surface area contributed by atoms with E-state index in [9.17, 15) is 13.2 Å². The predicted molar refractivity (Wildman–Crippen MR) is 103 cm³/mol. The summed E-state index contributed by atoms with van der Waals surface area (Å²) in [4.78, 5) is 12.5. The molecule has 1 amide bonds. The van der Waals surface area contributed by atoms with Crippen LogP contribution in [-0.4, -0.2) is 31.7 Å². The van der Waals surface area contributed by atoms with Gasteiger partial charge >= 0.3 is 0 Å². The van der Waals surface area contributed by atoms with E-state index in [0.717, 1.165) is 5.56 Å². The minimum absolute atomic E-state index is 0.0712. The molecule has 0 bridgehead atoms. The summed E-state index contributed by atoms with van der Waals surface area (Å²) in [5, 5.41) is 2.82. The fourth-order valence-electron chi connectivity index (χ4n) is 2.33. The first-order valence-electron chi connectivity index (χ1n) is 8.54. The summed E-state index contributed by atoms with van der Waals surface area (Å²) in [6.07, 6.45) is 0. The number of carbonyl (C=O) groups is 1. The number of hydrogen-bond acceptors (Lipinski definition) is 3. The summed E-state index contributed by atoms with van der Waals surface area (Å²) in [5.74, 6) is -0.310. The van der Waals surface area contributed by atoms with Gasteiger partial charge in [-0.2, -0.15) is 4.31 Å². The molecule has 0 saturated carbocycles. The zero-order chi connectivity index (χ0) is 19.2. The van der Waals surface area contributed by atoms with Gasteiger partial charge in [-0.15, -0.1) is 0 Å². The standard InChI is InChI=1S/C20H26N2O3S/c1-20(2,3)16-21-19(23)15-22(14-17-10-6-4-7-11-17)26(24,25)18-12-8-5-9-13-18/h4-13H,14-16H2,1-3H3,(H,21,23). The molecule has 0 atom stereocenters. The second kappa shape index (κ2) is 8.47. The van der Waals surface area contributed by atoms with E-state index in [1.165, 1.54) is 4.31 Å². The molecular formula is C20H26N2O3S. The summed E-state index contributed by atoms with van der Waals surface area (Å²) < 4.78 is 27.3. The first-order valence-corrected chi connectivity index (χ1v) is 9.98. The third-order valence-corrected chi connectivity index (χ3v) is 5.52. The molecule has 2 aromatic carbocycles. The molecule has 0 unspecified atom stereocenters. The summed E-state index contributed by atoms with van der Waals surface area (Å²) >= 11 is 0. The number of hydrogen-bond donors (Lipinski definition) is 1. The molecule has 5 nitrogen and oxygen atoms in total. The van der Waals surface area contributed by atoms with Crippen LogP contribution < -0.4 is 5.32 Å². The van der Waals surface area contributed by atoms with E-state index in [0.29, 0.717) is 6.54 Å². The van der Waals surface area contributed by atoms with Gasteiger partial charge in [0.1, 0.15) is 0 Å². The van der Waals surface area contributed by atoms with Crippen molar-refractivity contribution in [3.8, 4) is 0 Å². The number of nitrogens with zero attached hydrogens (tertiary/aromatic N) is 1. The minimum atomic E-state index is -3.78. The monoisotopic (exact) mass is 374 g/mol. The van der Waals surface area contributed by atoms with Crippen molar-refractivity contribution in [3.05, 3.63) is 66.2 Å². The first-order chi connectivity index (χ1) is 12.2. The molecular weight excluding hydrogens is 348 g/mol. The quantitative estimate of drug-likeness (QED) is 0.810. The second-order valence-corrected chi connectivity index (χ2v) is 9.35. The molecule has 0 spiro atoms. The van der Waals surface area contributed by atoms with Crippen molar-refractivity contribution in [1.29, 1.82) is 0 Å². The fourth-order valence-corrected chi connectivity index (χ4v) is 3.74. The van der Waals surface area contributed by atoms with Gasteiger partial charge in [0.2, 0.25) is 15.9 Å². The molecule has 0 aliphatic rings. The molecule has 6 heteroatoms. The highest BCUT2D eigenvalue weighted by Crippen LogP contribution is 2.18. The van der Waals surface area contributed by atoms with Crippen LogP contribution in [0.2, 0.25) is 0 Å². The Bertz CT molecular complexity index is 813. The maximum Gasteiger partial charge on any atom is 0.243 e. The van der Waals surface area contributed by atoms with Crippen LogP contribution >= 0.6 is 0 Å². The van der Waals surface area contributed by atoms with Crippen molar-refractivity contribution in [3.63, 3.8) is 0 Å². The third-order valence-electron chi connectivity index (χ3n) is 3.72. The van der Waals surface area contributed by atoms with Crippen LogP contribution in [0.15, 0.2) is 65.6 Å². The third kappa shape index (κ3) is 5.97. The Hall–Kier alpha value is -2.18. The summed E-state index contributed by atoms with van der Waals surface area (Å²) in [6.45, 7) is 6.43. The molecule has 1 N–H and O–H groups in total. The van der Waals surface area contributed by atoms with Crippen molar-refractivity contribution >= 4 is 15.9 Å². The molecule has 0 fully saturated rings.